The third-order valence-corrected chi connectivity index (χ3v) is 3.90. The van der Waals surface area contributed by atoms with E-state index >= 15 is 0 Å². The lowest BCUT2D eigenvalue weighted by atomic mass is 10.0. The van der Waals surface area contributed by atoms with E-state index in [9.17, 15) is 9.59 Å². The SMILES string of the molecule is O=CCCNC(=O)c1nc(-c2ccc(Cl)cc2)cc2ccccc12. The number of carbonyl (C=O) groups is 2. The molecule has 0 bridgehead atoms. The number of carbonyl (C=O) groups excluding carboxylic acids is 2. The summed E-state index contributed by atoms with van der Waals surface area (Å²) in [5.74, 6) is -0.288. The normalized spacial score (nSPS) is 10.5. The quantitative estimate of drug-likeness (QED) is 0.567. The molecule has 5 heteroatoms. The zero-order valence-corrected chi connectivity index (χ0v) is 13.6. The molecule has 4 nitrogen and oxygen atoms in total. The average molecular weight is 339 g/mol. The molecule has 3 rings (SSSR count). The molecule has 0 unspecified atom stereocenters. The van der Waals surface area contributed by atoms with Crippen molar-refractivity contribution in [3.05, 3.63) is 65.3 Å². The Morgan fingerprint density at radius 1 is 1.12 bits per heavy atom. The van der Waals surface area contributed by atoms with E-state index in [2.05, 4.69) is 10.3 Å². The van der Waals surface area contributed by atoms with Gasteiger partial charge in [-0.2, -0.15) is 0 Å². The first-order valence-electron chi connectivity index (χ1n) is 7.56. The fourth-order valence-electron chi connectivity index (χ4n) is 2.47. The number of aromatic nitrogens is 1. The van der Waals surface area contributed by atoms with Gasteiger partial charge in [-0.25, -0.2) is 4.98 Å². The number of nitrogens with zero attached hydrogens (tertiary/aromatic N) is 1. The number of rotatable bonds is 5. The van der Waals surface area contributed by atoms with Crippen LogP contribution < -0.4 is 5.32 Å². The molecule has 0 saturated carbocycles. The van der Waals surface area contributed by atoms with Gasteiger partial charge in [-0.1, -0.05) is 48.0 Å². The number of benzene rings is 2. The number of fused-ring (bicyclic) bond motifs is 1. The maximum absolute atomic E-state index is 12.5. The minimum Gasteiger partial charge on any atom is -0.350 e. The monoisotopic (exact) mass is 338 g/mol. The number of nitrogens with one attached hydrogen (secondary N) is 1. The minimum atomic E-state index is -0.288. The van der Waals surface area contributed by atoms with Crippen molar-refractivity contribution in [1.29, 1.82) is 0 Å². The summed E-state index contributed by atoms with van der Waals surface area (Å²) in [6.45, 7) is 0.295. The van der Waals surface area contributed by atoms with Gasteiger partial charge < -0.3 is 10.1 Å². The predicted octanol–water partition coefficient (Wildman–Crippen LogP) is 3.87. The van der Waals surface area contributed by atoms with Crippen molar-refractivity contribution in [2.75, 3.05) is 6.54 Å². The first-order chi connectivity index (χ1) is 11.7. The third-order valence-electron chi connectivity index (χ3n) is 3.64. The summed E-state index contributed by atoms with van der Waals surface area (Å²) in [5, 5.41) is 5.08. The van der Waals surface area contributed by atoms with Crippen molar-refractivity contribution in [3.8, 4) is 11.3 Å². The van der Waals surface area contributed by atoms with Gasteiger partial charge in [-0.05, 0) is 23.6 Å². The molecule has 0 aliphatic carbocycles. The molecular formula is C19H15ClN2O2. The number of amides is 1. The van der Waals surface area contributed by atoms with Gasteiger partial charge in [0.05, 0.1) is 5.69 Å². The summed E-state index contributed by atoms with van der Waals surface area (Å²) in [6.07, 6.45) is 1.05. The van der Waals surface area contributed by atoms with Gasteiger partial charge in [0.15, 0.2) is 0 Å². The second-order valence-electron chi connectivity index (χ2n) is 5.30. The van der Waals surface area contributed by atoms with Gasteiger partial charge in [0.1, 0.15) is 12.0 Å². The number of hydrogen-bond donors (Lipinski definition) is 1. The van der Waals surface area contributed by atoms with Crippen LogP contribution in [0.4, 0.5) is 0 Å². The molecule has 2 aromatic carbocycles. The zero-order chi connectivity index (χ0) is 16.9. The van der Waals surface area contributed by atoms with E-state index in [0.29, 0.717) is 23.0 Å². The first kappa shape index (κ1) is 16.1. The highest BCUT2D eigenvalue weighted by molar-refractivity contribution is 6.30. The van der Waals surface area contributed by atoms with Crippen LogP contribution in [-0.2, 0) is 4.79 Å². The summed E-state index contributed by atoms with van der Waals surface area (Å²) in [7, 11) is 0. The summed E-state index contributed by atoms with van der Waals surface area (Å²) in [4.78, 5) is 27.4. The van der Waals surface area contributed by atoms with Crippen LogP contribution in [0.25, 0.3) is 22.0 Å². The maximum Gasteiger partial charge on any atom is 0.270 e. The summed E-state index contributed by atoms with van der Waals surface area (Å²) in [5.41, 5.74) is 1.93. The molecule has 0 aliphatic heterocycles. The Balaban J connectivity index is 2.07. The Kier molecular flexibility index (Phi) is 4.87. The van der Waals surface area contributed by atoms with Crippen LogP contribution in [0, 0.1) is 0 Å². The lowest BCUT2D eigenvalue weighted by Crippen LogP contribution is -2.26. The predicted molar refractivity (Wildman–Crippen MR) is 95.2 cm³/mol. The molecule has 0 fully saturated rings. The molecule has 1 aromatic heterocycles. The Morgan fingerprint density at radius 3 is 2.62 bits per heavy atom. The van der Waals surface area contributed by atoms with E-state index in [1.807, 2.05) is 42.5 Å². The number of halogens is 1. The van der Waals surface area contributed by atoms with Gasteiger partial charge in [0.2, 0.25) is 0 Å². The average Bonchev–Trinajstić information content (AvgIpc) is 2.61. The van der Waals surface area contributed by atoms with Crippen molar-refractivity contribution < 1.29 is 9.59 Å². The van der Waals surface area contributed by atoms with Crippen molar-refractivity contribution in [1.82, 2.24) is 10.3 Å². The van der Waals surface area contributed by atoms with Crippen LogP contribution in [0.2, 0.25) is 5.02 Å². The second kappa shape index (κ2) is 7.23. The molecular weight excluding hydrogens is 324 g/mol. The molecule has 0 radical (unpaired) electrons. The molecule has 0 atom stereocenters. The molecule has 1 amide bonds. The van der Waals surface area contributed by atoms with Gasteiger partial charge in [0.25, 0.3) is 5.91 Å². The summed E-state index contributed by atoms with van der Waals surface area (Å²) in [6, 6.07) is 16.9. The van der Waals surface area contributed by atoms with Crippen molar-refractivity contribution in [3.63, 3.8) is 0 Å². The van der Waals surface area contributed by atoms with Crippen LogP contribution in [-0.4, -0.2) is 23.7 Å². The molecule has 0 aliphatic rings. The fraction of sp³-hybridized carbons (Fsp3) is 0.105. The van der Waals surface area contributed by atoms with Crippen molar-refractivity contribution in [2.45, 2.75) is 6.42 Å². The second-order valence-corrected chi connectivity index (χ2v) is 5.73. The van der Waals surface area contributed by atoms with Crippen LogP contribution in [0.15, 0.2) is 54.6 Å². The van der Waals surface area contributed by atoms with Crippen molar-refractivity contribution >= 4 is 34.6 Å². The Labute approximate surface area is 144 Å². The molecule has 1 N–H and O–H groups in total. The van der Waals surface area contributed by atoms with Crippen LogP contribution >= 0.6 is 11.6 Å². The van der Waals surface area contributed by atoms with Crippen LogP contribution in [0.3, 0.4) is 0 Å². The molecule has 1 heterocycles. The van der Waals surface area contributed by atoms with E-state index in [1.54, 1.807) is 12.1 Å². The van der Waals surface area contributed by atoms with E-state index < -0.39 is 0 Å². The molecule has 0 saturated heterocycles. The topological polar surface area (TPSA) is 59.1 Å². The maximum atomic E-state index is 12.5. The first-order valence-corrected chi connectivity index (χ1v) is 7.94. The van der Waals surface area contributed by atoms with Gasteiger partial charge >= 0.3 is 0 Å². The van der Waals surface area contributed by atoms with E-state index in [1.165, 1.54) is 0 Å². The number of hydrogen-bond acceptors (Lipinski definition) is 3. The molecule has 24 heavy (non-hydrogen) atoms. The fourth-order valence-corrected chi connectivity index (χ4v) is 2.59. The number of pyridine rings is 1. The van der Waals surface area contributed by atoms with E-state index in [-0.39, 0.29) is 12.3 Å². The lowest BCUT2D eigenvalue weighted by Gasteiger charge is -2.10. The van der Waals surface area contributed by atoms with Crippen molar-refractivity contribution in [2.24, 2.45) is 0 Å². The molecule has 3 aromatic rings. The zero-order valence-electron chi connectivity index (χ0n) is 12.8. The van der Waals surface area contributed by atoms with E-state index in [0.717, 1.165) is 22.6 Å². The van der Waals surface area contributed by atoms with Gasteiger partial charge in [0, 0.05) is 28.9 Å². The van der Waals surface area contributed by atoms with Gasteiger partial charge in [-0.15, -0.1) is 0 Å². The summed E-state index contributed by atoms with van der Waals surface area (Å²) >= 11 is 5.93. The highest BCUT2D eigenvalue weighted by Gasteiger charge is 2.14. The minimum absolute atomic E-state index is 0.278. The number of aldehydes is 1. The van der Waals surface area contributed by atoms with E-state index in [4.69, 9.17) is 11.6 Å². The smallest absolute Gasteiger partial charge is 0.270 e. The third kappa shape index (κ3) is 3.44. The highest BCUT2D eigenvalue weighted by Crippen LogP contribution is 2.26. The largest absolute Gasteiger partial charge is 0.350 e. The standard InChI is InChI=1S/C19H15ClN2O2/c20-15-8-6-13(7-9-15)17-12-14-4-1-2-5-16(14)18(22-17)19(24)21-10-3-11-23/h1-2,4-9,11-12H,3,10H2,(H,21,24). The van der Waals surface area contributed by atoms with Gasteiger partial charge in [-0.3, -0.25) is 4.79 Å². The lowest BCUT2D eigenvalue weighted by molar-refractivity contribution is -0.107. The molecule has 120 valence electrons. The van der Waals surface area contributed by atoms with Crippen LogP contribution in [0.5, 0.6) is 0 Å². The Hall–Kier alpha value is -2.72. The summed E-state index contributed by atoms with van der Waals surface area (Å²) < 4.78 is 0. The van der Waals surface area contributed by atoms with Crippen LogP contribution in [0.1, 0.15) is 16.9 Å². The molecule has 0 spiro atoms. The Bertz CT molecular complexity index is 892. The Morgan fingerprint density at radius 2 is 1.88 bits per heavy atom. The highest BCUT2D eigenvalue weighted by atomic mass is 35.5.